The summed E-state index contributed by atoms with van der Waals surface area (Å²) >= 11 is 1.94. The number of benzene rings is 1. The molecule has 0 aliphatic heterocycles. The summed E-state index contributed by atoms with van der Waals surface area (Å²) in [6.45, 7) is 0. The van der Waals surface area contributed by atoms with Crippen LogP contribution in [0.2, 0.25) is 0 Å². The van der Waals surface area contributed by atoms with Gasteiger partial charge in [0, 0.05) is 29.4 Å². The minimum Gasteiger partial charge on any atom is -0.406 e. The number of alkyl halides is 3. The number of hydrogen-bond donors (Lipinski definition) is 0. The molecule has 2 nitrogen and oxygen atoms in total. The molecule has 0 aliphatic rings. The van der Waals surface area contributed by atoms with Crippen LogP contribution in [0.25, 0.3) is 0 Å². The second-order valence-corrected chi connectivity index (χ2v) is 4.33. The smallest absolute Gasteiger partial charge is 0.406 e. The van der Waals surface area contributed by atoms with E-state index in [0.29, 0.717) is 9.26 Å². The molecule has 0 aliphatic carbocycles. The first kappa shape index (κ1) is 12.4. The van der Waals surface area contributed by atoms with Crippen molar-refractivity contribution in [1.82, 2.24) is 0 Å². The van der Waals surface area contributed by atoms with Crippen LogP contribution < -0.4 is 9.64 Å². The van der Waals surface area contributed by atoms with E-state index in [0.717, 1.165) is 0 Å². The van der Waals surface area contributed by atoms with Crippen LogP contribution >= 0.6 is 22.6 Å². The molecule has 84 valence electrons. The van der Waals surface area contributed by atoms with Crippen molar-refractivity contribution in [3.8, 4) is 5.75 Å². The van der Waals surface area contributed by atoms with Crippen LogP contribution in [-0.4, -0.2) is 20.5 Å². The van der Waals surface area contributed by atoms with Gasteiger partial charge >= 0.3 is 6.36 Å². The summed E-state index contributed by atoms with van der Waals surface area (Å²) in [7, 11) is 3.51. The second-order valence-electron chi connectivity index (χ2n) is 3.09. The van der Waals surface area contributed by atoms with E-state index >= 15 is 0 Å². The van der Waals surface area contributed by atoms with Crippen LogP contribution in [-0.2, 0) is 0 Å². The van der Waals surface area contributed by atoms with Gasteiger partial charge in [-0.3, -0.25) is 0 Å². The minimum atomic E-state index is -4.64. The molecule has 0 N–H and O–H groups in total. The zero-order valence-corrected chi connectivity index (χ0v) is 10.3. The second kappa shape index (κ2) is 4.46. The van der Waals surface area contributed by atoms with E-state index in [2.05, 4.69) is 4.74 Å². The fourth-order valence-corrected chi connectivity index (χ4v) is 1.62. The van der Waals surface area contributed by atoms with Crippen molar-refractivity contribution >= 4 is 28.3 Å². The molecule has 1 aromatic rings. The molecule has 1 rings (SSSR count). The van der Waals surface area contributed by atoms with Gasteiger partial charge in [0.15, 0.2) is 0 Å². The lowest BCUT2D eigenvalue weighted by atomic mass is 10.3. The van der Waals surface area contributed by atoms with Crippen LogP contribution in [0.1, 0.15) is 0 Å². The van der Waals surface area contributed by atoms with Gasteiger partial charge < -0.3 is 9.64 Å². The first-order valence-electron chi connectivity index (χ1n) is 4.01. The third-order valence-electron chi connectivity index (χ3n) is 1.61. The highest BCUT2D eigenvalue weighted by Gasteiger charge is 2.31. The average molecular weight is 331 g/mol. The zero-order valence-electron chi connectivity index (χ0n) is 8.10. The summed E-state index contributed by atoms with van der Waals surface area (Å²) in [5.41, 5.74) is 0.668. The Bertz CT molecular complexity index is 352. The van der Waals surface area contributed by atoms with Crippen LogP contribution in [0.3, 0.4) is 0 Å². The maximum Gasteiger partial charge on any atom is 0.573 e. The Kier molecular flexibility index (Phi) is 3.69. The summed E-state index contributed by atoms with van der Waals surface area (Å²) in [6.07, 6.45) is -4.64. The van der Waals surface area contributed by atoms with Crippen LogP contribution in [0.5, 0.6) is 5.75 Å². The normalized spacial score (nSPS) is 11.3. The molecule has 0 fully saturated rings. The molecule has 0 saturated carbocycles. The molecule has 0 saturated heterocycles. The standard InChI is InChI=1S/C9H9F3INO/c1-14(2)7-3-6(13)4-8(5-7)15-9(10,11)12/h3-5H,1-2H3. The van der Waals surface area contributed by atoms with Gasteiger partial charge in [-0.2, -0.15) is 0 Å². The zero-order chi connectivity index (χ0) is 11.6. The van der Waals surface area contributed by atoms with Crippen molar-refractivity contribution in [3.05, 3.63) is 21.8 Å². The SMILES string of the molecule is CN(C)c1cc(I)cc(OC(F)(F)F)c1. The Morgan fingerprint density at radius 1 is 1.20 bits per heavy atom. The molecule has 0 heterocycles. The Labute approximate surface area is 99.2 Å². The molecular formula is C9H9F3INO. The minimum absolute atomic E-state index is 0.196. The Morgan fingerprint density at radius 3 is 2.27 bits per heavy atom. The highest BCUT2D eigenvalue weighted by molar-refractivity contribution is 14.1. The van der Waals surface area contributed by atoms with Crippen molar-refractivity contribution in [2.24, 2.45) is 0 Å². The third kappa shape index (κ3) is 4.15. The maximum atomic E-state index is 12.0. The Balaban J connectivity index is 2.99. The highest BCUT2D eigenvalue weighted by Crippen LogP contribution is 2.28. The molecule has 0 atom stereocenters. The van der Waals surface area contributed by atoms with E-state index in [-0.39, 0.29) is 5.75 Å². The van der Waals surface area contributed by atoms with E-state index in [1.165, 1.54) is 12.1 Å². The van der Waals surface area contributed by atoms with Crippen molar-refractivity contribution in [2.75, 3.05) is 19.0 Å². The molecule has 0 radical (unpaired) electrons. The van der Waals surface area contributed by atoms with Crippen LogP contribution in [0, 0.1) is 3.57 Å². The molecule has 15 heavy (non-hydrogen) atoms. The van der Waals surface area contributed by atoms with E-state index in [1.54, 1.807) is 25.1 Å². The summed E-state index contributed by atoms with van der Waals surface area (Å²) in [4.78, 5) is 1.71. The number of nitrogens with zero attached hydrogens (tertiary/aromatic N) is 1. The first-order valence-corrected chi connectivity index (χ1v) is 5.09. The summed E-state index contributed by atoms with van der Waals surface area (Å²) in [5, 5.41) is 0. The van der Waals surface area contributed by atoms with E-state index in [9.17, 15) is 13.2 Å². The number of halogens is 4. The van der Waals surface area contributed by atoms with Gasteiger partial charge in [-0.05, 0) is 34.7 Å². The largest absolute Gasteiger partial charge is 0.573 e. The predicted octanol–water partition coefficient (Wildman–Crippen LogP) is 3.26. The van der Waals surface area contributed by atoms with Gasteiger partial charge in [0.1, 0.15) is 5.75 Å². The van der Waals surface area contributed by atoms with Gasteiger partial charge in [-0.25, -0.2) is 0 Å². The molecule has 0 amide bonds. The van der Waals surface area contributed by atoms with Gasteiger partial charge in [-0.1, -0.05) is 0 Å². The number of anilines is 1. The quantitative estimate of drug-likeness (QED) is 0.772. The van der Waals surface area contributed by atoms with Crippen LogP contribution in [0.15, 0.2) is 18.2 Å². The van der Waals surface area contributed by atoms with Gasteiger partial charge in [0.25, 0.3) is 0 Å². The highest BCUT2D eigenvalue weighted by atomic mass is 127. The lowest BCUT2D eigenvalue weighted by Gasteiger charge is -2.15. The number of hydrogen-bond acceptors (Lipinski definition) is 2. The van der Waals surface area contributed by atoms with Gasteiger partial charge in [0.2, 0.25) is 0 Å². The lowest BCUT2D eigenvalue weighted by molar-refractivity contribution is -0.274. The van der Waals surface area contributed by atoms with E-state index < -0.39 is 6.36 Å². The summed E-state index contributed by atoms with van der Waals surface area (Å²) < 4.78 is 40.4. The predicted molar refractivity (Wildman–Crippen MR) is 60.2 cm³/mol. The van der Waals surface area contributed by atoms with E-state index in [1.807, 2.05) is 22.6 Å². The molecular weight excluding hydrogens is 322 g/mol. The topological polar surface area (TPSA) is 12.5 Å². The number of ether oxygens (including phenoxy) is 1. The van der Waals surface area contributed by atoms with Crippen molar-refractivity contribution in [3.63, 3.8) is 0 Å². The lowest BCUT2D eigenvalue weighted by Crippen LogP contribution is -2.17. The molecule has 1 aromatic carbocycles. The Hall–Kier alpha value is -0.660. The van der Waals surface area contributed by atoms with Crippen LogP contribution in [0.4, 0.5) is 18.9 Å². The Morgan fingerprint density at radius 2 is 1.80 bits per heavy atom. The molecule has 0 aromatic heterocycles. The van der Waals surface area contributed by atoms with Gasteiger partial charge in [-0.15, -0.1) is 13.2 Å². The average Bonchev–Trinajstić information content (AvgIpc) is 1.99. The van der Waals surface area contributed by atoms with Crippen molar-refractivity contribution < 1.29 is 17.9 Å². The van der Waals surface area contributed by atoms with Gasteiger partial charge in [0.05, 0.1) is 0 Å². The fraction of sp³-hybridized carbons (Fsp3) is 0.333. The third-order valence-corrected chi connectivity index (χ3v) is 2.23. The summed E-state index contributed by atoms with van der Waals surface area (Å²) in [5.74, 6) is -0.196. The van der Waals surface area contributed by atoms with E-state index in [4.69, 9.17) is 0 Å². The maximum absolute atomic E-state index is 12.0. The monoisotopic (exact) mass is 331 g/mol. The molecule has 0 bridgehead atoms. The number of rotatable bonds is 2. The fourth-order valence-electron chi connectivity index (χ4n) is 0.999. The molecule has 0 unspecified atom stereocenters. The van der Waals surface area contributed by atoms with Crippen molar-refractivity contribution in [2.45, 2.75) is 6.36 Å². The summed E-state index contributed by atoms with van der Waals surface area (Å²) in [6, 6.07) is 4.44. The van der Waals surface area contributed by atoms with Crippen molar-refractivity contribution in [1.29, 1.82) is 0 Å². The first-order chi connectivity index (χ1) is 6.78. The molecule has 0 spiro atoms. The molecule has 6 heteroatoms.